The average Bonchev–Trinajstić information content (AvgIpc) is 3.17. The van der Waals surface area contributed by atoms with Gasteiger partial charge in [-0.05, 0) is 43.2 Å². The second kappa shape index (κ2) is 8.06. The normalized spacial score (nSPS) is 16.8. The highest BCUT2D eigenvalue weighted by atomic mass is 32.1. The summed E-state index contributed by atoms with van der Waals surface area (Å²) in [7, 11) is 3.27. The predicted octanol–water partition coefficient (Wildman–Crippen LogP) is 4.17. The van der Waals surface area contributed by atoms with E-state index in [0.29, 0.717) is 18.0 Å². The first-order chi connectivity index (χ1) is 13.7. The third kappa shape index (κ3) is 3.75. The first kappa shape index (κ1) is 18.6. The highest BCUT2D eigenvalue weighted by Gasteiger charge is 2.28. The molecule has 4 rings (SSSR count). The van der Waals surface area contributed by atoms with Gasteiger partial charge in [0.2, 0.25) is 5.91 Å². The summed E-state index contributed by atoms with van der Waals surface area (Å²) in [6, 6.07) is 13.4. The van der Waals surface area contributed by atoms with Crippen LogP contribution in [0, 0.1) is 5.92 Å². The second-order valence-corrected chi connectivity index (χ2v) is 7.81. The number of methoxy groups -OCH3 is 2. The highest BCUT2D eigenvalue weighted by molar-refractivity contribution is 7.22. The Hall–Kier alpha value is -2.80. The number of hydrogen-bond acceptors (Lipinski definition) is 6. The number of ether oxygens (including phenoxy) is 2. The summed E-state index contributed by atoms with van der Waals surface area (Å²) in [5.41, 5.74) is 1.67. The number of thiazole rings is 1. The number of carbonyl (C=O) groups is 1. The summed E-state index contributed by atoms with van der Waals surface area (Å²) in [5.74, 6) is 1.44. The predicted molar refractivity (Wildman–Crippen MR) is 113 cm³/mol. The molecule has 1 aliphatic rings. The lowest BCUT2D eigenvalue weighted by atomic mass is 9.97. The maximum Gasteiger partial charge on any atom is 0.229 e. The third-order valence-electron chi connectivity index (χ3n) is 5.01. The molecule has 0 radical (unpaired) electrons. The number of carbonyl (C=O) groups excluding carboxylic acids is 1. The molecule has 0 spiro atoms. The second-order valence-electron chi connectivity index (χ2n) is 6.80. The average molecular weight is 398 g/mol. The summed E-state index contributed by atoms with van der Waals surface area (Å²) in [6.07, 6.45) is 1.83. The van der Waals surface area contributed by atoms with E-state index in [-0.39, 0.29) is 11.8 Å². The van der Waals surface area contributed by atoms with Crippen LogP contribution in [-0.4, -0.2) is 38.2 Å². The molecule has 1 atom stereocenters. The van der Waals surface area contributed by atoms with Crippen molar-refractivity contribution in [1.29, 1.82) is 0 Å². The van der Waals surface area contributed by atoms with E-state index in [2.05, 4.69) is 10.2 Å². The van der Waals surface area contributed by atoms with Crippen molar-refractivity contribution in [2.45, 2.75) is 12.8 Å². The number of amides is 1. The zero-order valence-electron chi connectivity index (χ0n) is 16.0. The molecule has 1 amide bonds. The van der Waals surface area contributed by atoms with E-state index < -0.39 is 0 Å². The molecule has 2 aromatic carbocycles. The van der Waals surface area contributed by atoms with E-state index in [1.54, 1.807) is 25.6 Å². The van der Waals surface area contributed by atoms with Crippen LogP contribution in [0.3, 0.4) is 0 Å². The van der Waals surface area contributed by atoms with Gasteiger partial charge in [-0.3, -0.25) is 4.79 Å². The van der Waals surface area contributed by atoms with Crippen molar-refractivity contribution in [2.24, 2.45) is 5.92 Å². The van der Waals surface area contributed by atoms with Gasteiger partial charge in [-0.2, -0.15) is 0 Å². The summed E-state index contributed by atoms with van der Waals surface area (Å²) < 4.78 is 11.7. The van der Waals surface area contributed by atoms with E-state index in [0.717, 1.165) is 40.5 Å². The minimum Gasteiger partial charge on any atom is -0.497 e. The summed E-state index contributed by atoms with van der Waals surface area (Å²) in [5, 5.41) is 3.98. The fourth-order valence-corrected chi connectivity index (χ4v) is 4.53. The van der Waals surface area contributed by atoms with Gasteiger partial charge in [-0.1, -0.05) is 23.5 Å². The van der Waals surface area contributed by atoms with Crippen LogP contribution in [0.1, 0.15) is 12.8 Å². The Balaban J connectivity index is 1.49. The van der Waals surface area contributed by atoms with Crippen LogP contribution in [0.2, 0.25) is 0 Å². The number of benzene rings is 2. The molecule has 1 aromatic heterocycles. The van der Waals surface area contributed by atoms with Gasteiger partial charge in [-0.15, -0.1) is 0 Å². The van der Waals surface area contributed by atoms with Gasteiger partial charge in [0.15, 0.2) is 5.13 Å². The molecule has 1 saturated heterocycles. The number of piperidine rings is 1. The van der Waals surface area contributed by atoms with Crippen molar-refractivity contribution >= 4 is 38.3 Å². The Morgan fingerprint density at radius 3 is 2.89 bits per heavy atom. The molecule has 0 aliphatic carbocycles. The van der Waals surface area contributed by atoms with Crippen molar-refractivity contribution in [3.8, 4) is 11.5 Å². The van der Waals surface area contributed by atoms with Crippen molar-refractivity contribution in [3.63, 3.8) is 0 Å². The van der Waals surface area contributed by atoms with Gasteiger partial charge < -0.3 is 19.7 Å². The minimum atomic E-state index is -0.0831. The number of rotatable bonds is 5. The molecule has 3 aromatic rings. The Kier molecular flexibility index (Phi) is 5.34. The SMILES string of the molecule is COc1ccc2nc(N3CCCC(C(=O)Nc4ccccc4OC)C3)sc2c1. The molecule has 6 nitrogen and oxygen atoms in total. The highest BCUT2D eigenvalue weighted by Crippen LogP contribution is 2.34. The van der Waals surface area contributed by atoms with Crippen LogP contribution in [0.25, 0.3) is 10.2 Å². The van der Waals surface area contributed by atoms with Crippen LogP contribution in [0.15, 0.2) is 42.5 Å². The zero-order valence-corrected chi connectivity index (χ0v) is 16.8. The molecular weight excluding hydrogens is 374 g/mol. The van der Waals surface area contributed by atoms with Gasteiger partial charge in [-0.25, -0.2) is 4.98 Å². The van der Waals surface area contributed by atoms with Crippen molar-refractivity contribution < 1.29 is 14.3 Å². The summed E-state index contributed by atoms with van der Waals surface area (Å²) in [6.45, 7) is 1.58. The van der Waals surface area contributed by atoms with Gasteiger partial charge in [0, 0.05) is 13.1 Å². The largest absolute Gasteiger partial charge is 0.497 e. The number of nitrogens with one attached hydrogen (secondary N) is 1. The van der Waals surface area contributed by atoms with Gasteiger partial charge in [0.1, 0.15) is 11.5 Å². The fourth-order valence-electron chi connectivity index (χ4n) is 3.50. The molecule has 146 valence electrons. The molecule has 1 aliphatic heterocycles. The summed E-state index contributed by atoms with van der Waals surface area (Å²) in [4.78, 5) is 19.8. The molecule has 1 N–H and O–H groups in total. The van der Waals surface area contributed by atoms with Crippen LogP contribution in [0.5, 0.6) is 11.5 Å². The van der Waals surface area contributed by atoms with Crippen molar-refractivity contribution in [2.75, 3.05) is 37.5 Å². The van der Waals surface area contributed by atoms with Crippen molar-refractivity contribution in [1.82, 2.24) is 4.98 Å². The van der Waals surface area contributed by atoms with E-state index in [1.165, 1.54) is 0 Å². The minimum absolute atomic E-state index is 0.0250. The van der Waals surface area contributed by atoms with E-state index in [1.807, 2.05) is 42.5 Å². The molecule has 0 saturated carbocycles. The van der Waals surface area contributed by atoms with E-state index >= 15 is 0 Å². The smallest absolute Gasteiger partial charge is 0.229 e. The lowest BCUT2D eigenvalue weighted by molar-refractivity contribution is -0.120. The van der Waals surface area contributed by atoms with Crippen LogP contribution >= 0.6 is 11.3 Å². The first-order valence-corrected chi connectivity index (χ1v) is 10.1. The zero-order chi connectivity index (χ0) is 19.5. The van der Waals surface area contributed by atoms with Crippen LogP contribution in [0.4, 0.5) is 10.8 Å². The Labute approximate surface area is 168 Å². The molecule has 1 fully saturated rings. The number of nitrogens with zero attached hydrogens (tertiary/aromatic N) is 2. The maximum atomic E-state index is 12.8. The summed E-state index contributed by atoms with van der Waals surface area (Å²) >= 11 is 1.64. The number of fused-ring (bicyclic) bond motifs is 1. The number of para-hydroxylation sites is 2. The topological polar surface area (TPSA) is 63.7 Å². The van der Waals surface area contributed by atoms with Gasteiger partial charge in [0.25, 0.3) is 0 Å². The van der Waals surface area contributed by atoms with Crippen LogP contribution < -0.4 is 19.7 Å². The number of aromatic nitrogens is 1. The molecule has 28 heavy (non-hydrogen) atoms. The number of anilines is 2. The van der Waals surface area contributed by atoms with Crippen molar-refractivity contribution in [3.05, 3.63) is 42.5 Å². The lowest BCUT2D eigenvalue weighted by Crippen LogP contribution is -2.40. The maximum absolute atomic E-state index is 12.8. The molecular formula is C21H23N3O3S. The van der Waals surface area contributed by atoms with Gasteiger partial charge >= 0.3 is 0 Å². The molecule has 0 bridgehead atoms. The molecule has 7 heteroatoms. The first-order valence-electron chi connectivity index (χ1n) is 9.31. The van der Waals surface area contributed by atoms with Gasteiger partial charge in [0.05, 0.1) is 36.0 Å². The lowest BCUT2D eigenvalue weighted by Gasteiger charge is -2.31. The Bertz CT molecular complexity index is 988. The van der Waals surface area contributed by atoms with Crippen LogP contribution in [-0.2, 0) is 4.79 Å². The van der Waals surface area contributed by atoms with E-state index in [9.17, 15) is 4.79 Å². The Morgan fingerprint density at radius 2 is 2.07 bits per heavy atom. The quantitative estimate of drug-likeness (QED) is 0.700. The molecule has 1 unspecified atom stereocenters. The Morgan fingerprint density at radius 1 is 1.21 bits per heavy atom. The standard InChI is InChI=1S/C21H23N3O3S/c1-26-15-9-10-17-19(12-15)28-21(23-17)24-11-5-6-14(13-24)20(25)22-16-7-3-4-8-18(16)27-2/h3-4,7-10,12,14H,5-6,11,13H2,1-2H3,(H,22,25). The monoisotopic (exact) mass is 397 g/mol. The van der Waals surface area contributed by atoms with E-state index in [4.69, 9.17) is 14.5 Å². The number of hydrogen-bond donors (Lipinski definition) is 1. The molecule has 2 heterocycles. The fraction of sp³-hybridized carbons (Fsp3) is 0.333. The third-order valence-corrected chi connectivity index (χ3v) is 6.09.